The van der Waals surface area contributed by atoms with E-state index in [0.29, 0.717) is 56.3 Å². The van der Waals surface area contributed by atoms with E-state index in [4.69, 9.17) is 18.9 Å². The third-order valence-corrected chi connectivity index (χ3v) is 18.4. The minimum Gasteiger partial charge on any atom is -0.462 e. The largest absolute Gasteiger partial charge is 0.462 e. The number of amides is 2. The zero-order valence-electron chi connectivity index (χ0n) is 58.8. The number of ether oxygens (including phenoxy) is 4. The summed E-state index contributed by atoms with van der Waals surface area (Å²) in [6.07, 6.45) is 46.5. The highest BCUT2D eigenvalue weighted by Crippen LogP contribution is 2.22. The number of allylic oxidation sites excluding steroid dienone is 2. The van der Waals surface area contributed by atoms with E-state index in [1.165, 1.54) is 113 Å². The maximum atomic E-state index is 13.5. The molecule has 14 nitrogen and oxygen atoms in total. The van der Waals surface area contributed by atoms with E-state index in [0.717, 1.165) is 148 Å². The Bertz CT molecular complexity index is 1750. The fraction of sp³-hybridized carbons (Fsp3) is 0.863. The van der Waals surface area contributed by atoms with Crippen molar-refractivity contribution in [2.24, 2.45) is 5.92 Å². The van der Waals surface area contributed by atoms with Crippen LogP contribution < -0.4 is 0 Å². The van der Waals surface area contributed by atoms with Crippen LogP contribution in [0.4, 0.5) is 9.59 Å². The molecule has 0 saturated heterocycles. The fourth-order valence-corrected chi connectivity index (χ4v) is 12.5. The van der Waals surface area contributed by atoms with Gasteiger partial charge in [-0.05, 0) is 142 Å². The number of hydrogen-bond donors (Lipinski definition) is 0. The number of carbonyl (C=O) groups is 6. The summed E-state index contributed by atoms with van der Waals surface area (Å²) < 4.78 is 23.2. The third-order valence-electron chi connectivity index (χ3n) is 16.5. The average Bonchev–Trinajstić information content (AvgIpc) is 3.54. The molecule has 2 unspecified atom stereocenters. The Hall–Kier alpha value is -3.08. The molecular weight excluding hydrogens is 1160 g/mol. The van der Waals surface area contributed by atoms with Gasteiger partial charge in [0.1, 0.15) is 32.0 Å². The van der Waals surface area contributed by atoms with Crippen LogP contribution in [0.3, 0.4) is 0 Å². The molecule has 2 amide bonds. The molecule has 0 saturated carbocycles. The summed E-state index contributed by atoms with van der Waals surface area (Å²) in [5.41, 5.74) is 0. The van der Waals surface area contributed by atoms with Crippen LogP contribution in [0.2, 0.25) is 0 Å². The number of nitrogens with zero attached hydrogens (tertiary/aromatic N) is 4. The number of carbonyl (C=O) groups excluding carboxylic acids is 6. The van der Waals surface area contributed by atoms with Crippen LogP contribution in [-0.2, 0) is 38.1 Å². The summed E-state index contributed by atoms with van der Waals surface area (Å²) in [6.45, 7) is 20.8. The molecule has 0 aliphatic carbocycles. The van der Waals surface area contributed by atoms with Gasteiger partial charge in [-0.25, -0.2) is 0 Å². The zero-order valence-corrected chi connectivity index (χ0v) is 60.4. The molecule has 0 radical (unpaired) electrons. The van der Waals surface area contributed by atoms with Crippen molar-refractivity contribution >= 4 is 57.9 Å². The Morgan fingerprint density at radius 3 is 1.24 bits per heavy atom. The fourth-order valence-electron chi connectivity index (χ4n) is 10.8. The molecule has 0 aromatic carbocycles. The Balaban J connectivity index is 4.87. The molecule has 0 fully saturated rings. The normalized spacial score (nSPS) is 12.4. The van der Waals surface area contributed by atoms with Crippen molar-refractivity contribution < 1.29 is 47.7 Å². The van der Waals surface area contributed by atoms with Crippen LogP contribution in [0.5, 0.6) is 0 Å². The van der Waals surface area contributed by atoms with Gasteiger partial charge in [-0.1, -0.05) is 225 Å². The second-order valence-corrected chi connectivity index (χ2v) is 27.2. The summed E-state index contributed by atoms with van der Waals surface area (Å²) in [4.78, 5) is 86.5. The van der Waals surface area contributed by atoms with E-state index in [9.17, 15) is 28.8 Å². The average molecular weight is 1290 g/mol. The van der Waals surface area contributed by atoms with Crippen LogP contribution in [0.1, 0.15) is 299 Å². The molecule has 0 aliphatic rings. The number of esters is 4. The van der Waals surface area contributed by atoms with E-state index in [1.54, 1.807) is 9.80 Å². The van der Waals surface area contributed by atoms with Gasteiger partial charge in [-0.15, -0.1) is 0 Å². The lowest BCUT2D eigenvalue weighted by Gasteiger charge is -2.24. The molecule has 0 spiro atoms. The SMILES string of the molecule is CCCCCC/C=C\COC(=O)CCCN(CCCC(=O)OC(CCCCCC)CCCCCCC(C)CCCC/C=C\COC(=O)CCCN(CC(=O)OC(CCCCCCC)CCCCCCC)C(=O)SCCCN(CC)CC)C(=O)SCCN(C)C. The zero-order chi connectivity index (χ0) is 65.6. The minimum absolute atomic E-state index is 0.0206. The van der Waals surface area contributed by atoms with Crippen molar-refractivity contribution in [3.05, 3.63) is 24.3 Å². The predicted molar refractivity (Wildman–Crippen MR) is 377 cm³/mol. The molecule has 89 heavy (non-hydrogen) atoms. The predicted octanol–water partition coefficient (Wildman–Crippen LogP) is 19.2. The van der Waals surface area contributed by atoms with Gasteiger partial charge in [0.05, 0.1) is 0 Å². The summed E-state index contributed by atoms with van der Waals surface area (Å²) >= 11 is 2.54. The number of rotatable bonds is 63. The molecule has 520 valence electrons. The van der Waals surface area contributed by atoms with Crippen molar-refractivity contribution in [3.63, 3.8) is 0 Å². The van der Waals surface area contributed by atoms with Crippen LogP contribution >= 0.6 is 23.5 Å². The van der Waals surface area contributed by atoms with Gasteiger partial charge < -0.3 is 38.5 Å². The lowest BCUT2D eigenvalue weighted by molar-refractivity contribution is -0.151. The lowest BCUT2D eigenvalue weighted by Crippen LogP contribution is -2.36. The summed E-state index contributed by atoms with van der Waals surface area (Å²) in [5.74, 6) is 0.912. The highest BCUT2D eigenvalue weighted by atomic mass is 32.2. The smallest absolute Gasteiger partial charge is 0.325 e. The van der Waals surface area contributed by atoms with Gasteiger partial charge in [0.15, 0.2) is 0 Å². The van der Waals surface area contributed by atoms with E-state index < -0.39 is 0 Å². The van der Waals surface area contributed by atoms with Gasteiger partial charge in [-0.2, -0.15) is 0 Å². The lowest BCUT2D eigenvalue weighted by atomic mass is 9.96. The van der Waals surface area contributed by atoms with Crippen molar-refractivity contribution in [3.8, 4) is 0 Å². The van der Waals surface area contributed by atoms with E-state index in [1.807, 2.05) is 26.2 Å². The van der Waals surface area contributed by atoms with E-state index in [2.05, 4.69) is 70.4 Å². The molecule has 2 atom stereocenters. The molecule has 0 rings (SSSR count). The first kappa shape index (κ1) is 85.9. The quantitative estimate of drug-likeness (QED) is 0.0246. The maximum Gasteiger partial charge on any atom is 0.325 e. The van der Waals surface area contributed by atoms with E-state index in [-0.39, 0.29) is 85.6 Å². The Kier molecular flexibility index (Phi) is 61.5. The molecule has 16 heteroatoms. The van der Waals surface area contributed by atoms with Gasteiger partial charge in [-0.3, -0.25) is 28.8 Å². The number of hydrogen-bond acceptors (Lipinski definition) is 14. The van der Waals surface area contributed by atoms with Gasteiger partial charge >= 0.3 is 23.9 Å². The number of thioether (sulfide) groups is 2. The molecular formula is C73H136N4O10S2. The molecule has 0 aliphatic heterocycles. The van der Waals surface area contributed by atoms with E-state index >= 15 is 0 Å². The Morgan fingerprint density at radius 1 is 0.382 bits per heavy atom. The van der Waals surface area contributed by atoms with Gasteiger partial charge in [0.2, 0.25) is 0 Å². The molecule has 0 aromatic rings. The summed E-state index contributed by atoms with van der Waals surface area (Å²) in [7, 11) is 3.98. The van der Waals surface area contributed by atoms with Crippen LogP contribution in [-0.4, -0.2) is 157 Å². The van der Waals surface area contributed by atoms with Crippen molar-refractivity contribution in [1.29, 1.82) is 0 Å². The first-order chi connectivity index (χ1) is 43.2. The van der Waals surface area contributed by atoms with Crippen LogP contribution in [0.25, 0.3) is 0 Å². The molecule has 0 heterocycles. The standard InChI is InChI=1S/C73H136N4O10S2/c1-10-16-20-24-25-32-40-60-84-68(78)52-42-56-76(72(82)89-63-59-74(8)9)57-44-54-70(80)86-66(48-36-23-19-13-4)49-39-31-30-35-47-65(7)46-34-29-26-33-41-61-85-69(79)53-43-58-77(73(83)88-62-45-55-75(14-5)15-6)64-71(81)87-67(50-37-27-21-17-11-2)51-38-28-22-18-12-3/h32-33,40-41,65-67H,10-31,34-39,42-64H2,1-9H3/b40-32-,41-33-. The Morgan fingerprint density at radius 2 is 0.764 bits per heavy atom. The second-order valence-electron chi connectivity index (χ2n) is 25.1. The van der Waals surface area contributed by atoms with Gasteiger partial charge in [0.25, 0.3) is 10.5 Å². The van der Waals surface area contributed by atoms with Crippen molar-refractivity contribution in [2.45, 2.75) is 311 Å². The van der Waals surface area contributed by atoms with Gasteiger partial charge in [0, 0.05) is 56.9 Å². The molecule has 0 N–H and O–H groups in total. The van der Waals surface area contributed by atoms with Crippen molar-refractivity contribution in [2.75, 3.05) is 91.2 Å². The van der Waals surface area contributed by atoms with Crippen molar-refractivity contribution in [1.82, 2.24) is 19.6 Å². The third kappa shape index (κ3) is 56.2. The second kappa shape index (κ2) is 63.7. The summed E-state index contributed by atoms with van der Waals surface area (Å²) in [5, 5.41) is -0.159. The number of unbranched alkanes of at least 4 members (excludes halogenated alkanes) is 20. The maximum absolute atomic E-state index is 13.5. The minimum atomic E-state index is -0.355. The monoisotopic (exact) mass is 1290 g/mol. The highest BCUT2D eigenvalue weighted by Gasteiger charge is 2.23. The molecule has 0 aromatic heterocycles. The first-order valence-electron chi connectivity index (χ1n) is 36.4. The highest BCUT2D eigenvalue weighted by molar-refractivity contribution is 8.13. The topological polar surface area (TPSA) is 152 Å². The van der Waals surface area contributed by atoms with Crippen LogP contribution in [0, 0.1) is 5.92 Å². The first-order valence-corrected chi connectivity index (χ1v) is 38.4. The molecule has 0 bridgehead atoms. The summed E-state index contributed by atoms with van der Waals surface area (Å²) in [6, 6.07) is 0. The Labute approximate surface area is 554 Å². The van der Waals surface area contributed by atoms with Crippen LogP contribution in [0.15, 0.2) is 24.3 Å².